The maximum atomic E-state index is 12.8. The van der Waals surface area contributed by atoms with Crippen LogP contribution < -0.4 is 0 Å². The van der Waals surface area contributed by atoms with Crippen molar-refractivity contribution in [2.45, 2.75) is 27.8 Å². The second-order valence-corrected chi connectivity index (χ2v) is 9.01. The normalized spacial score (nSPS) is 14.9. The van der Waals surface area contributed by atoms with Gasteiger partial charge in [0.05, 0.1) is 4.90 Å². The Hall–Kier alpha value is -1.41. The van der Waals surface area contributed by atoms with Gasteiger partial charge in [-0.25, -0.2) is 8.42 Å². The Morgan fingerprint density at radius 1 is 1.25 bits per heavy atom. The minimum Gasteiger partial charge on any atom is -0.376 e. The molecule has 1 aromatic heterocycles. The van der Waals surface area contributed by atoms with Gasteiger partial charge in [0, 0.05) is 4.47 Å². The van der Waals surface area contributed by atoms with Gasteiger partial charge < -0.3 is 5.11 Å². The lowest BCUT2D eigenvalue weighted by Crippen LogP contribution is -2.39. The molecule has 0 saturated heterocycles. The van der Waals surface area contributed by atoms with E-state index in [-0.39, 0.29) is 18.5 Å². The number of hydrogen-bond donors (Lipinski definition) is 1. The first-order chi connectivity index (χ1) is 10.9. The average molecular weight is 440 g/mol. The smallest absolute Gasteiger partial charge is 0.376 e. The zero-order chi connectivity index (χ0) is 18.3. The summed E-state index contributed by atoms with van der Waals surface area (Å²) in [6.45, 7) is 0.589. The van der Waals surface area contributed by atoms with Gasteiger partial charge in [0.25, 0.3) is 0 Å². The van der Waals surface area contributed by atoms with Gasteiger partial charge in [0.15, 0.2) is 5.60 Å². The molecule has 10 heteroatoms. The van der Waals surface area contributed by atoms with Crippen LogP contribution in [0.5, 0.6) is 0 Å². The molecule has 0 aliphatic rings. The fraction of sp³-hybridized carbons (Fsp3) is 0.214. The van der Waals surface area contributed by atoms with E-state index in [1.54, 1.807) is 0 Å². The molecule has 1 heterocycles. The van der Waals surface area contributed by atoms with Gasteiger partial charge in [-0.3, -0.25) is 0 Å². The first-order valence-corrected chi connectivity index (χ1v) is 9.34. The van der Waals surface area contributed by atoms with E-state index in [4.69, 9.17) is 5.26 Å². The molecule has 1 unspecified atom stereocenters. The van der Waals surface area contributed by atoms with Crippen molar-refractivity contribution in [1.82, 2.24) is 0 Å². The molecule has 128 valence electrons. The van der Waals surface area contributed by atoms with Crippen molar-refractivity contribution in [2.75, 3.05) is 0 Å². The highest BCUT2D eigenvalue weighted by molar-refractivity contribution is 9.10. The Bertz CT molecular complexity index is 910. The third kappa shape index (κ3) is 3.21. The number of rotatable bonds is 3. The highest BCUT2D eigenvalue weighted by Crippen LogP contribution is 2.40. The zero-order valence-corrected chi connectivity index (χ0v) is 15.1. The molecule has 0 aliphatic heterocycles. The number of benzene rings is 1. The van der Waals surface area contributed by atoms with Crippen LogP contribution in [0.2, 0.25) is 0 Å². The topological polar surface area (TPSA) is 78.2 Å². The van der Waals surface area contributed by atoms with E-state index in [1.807, 2.05) is 6.07 Å². The van der Waals surface area contributed by atoms with E-state index in [0.29, 0.717) is 6.92 Å². The molecule has 2 aromatic rings. The van der Waals surface area contributed by atoms with Crippen LogP contribution in [0.1, 0.15) is 17.4 Å². The predicted molar refractivity (Wildman–Crippen MR) is 84.3 cm³/mol. The Kier molecular flexibility index (Phi) is 4.85. The van der Waals surface area contributed by atoms with Gasteiger partial charge in [0.2, 0.25) is 9.84 Å². The van der Waals surface area contributed by atoms with Crippen molar-refractivity contribution in [1.29, 1.82) is 5.26 Å². The van der Waals surface area contributed by atoms with E-state index in [2.05, 4.69) is 15.9 Å². The van der Waals surface area contributed by atoms with Crippen LogP contribution in [0.3, 0.4) is 0 Å². The van der Waals surface area contributed by atoms with Crippen LogP contribution in [-0.2, 0) is 15.4 Å². The number of nitriles is 1. The van der Waals surface area contributed by atoms with E-state index >= 15 is 0 Å². The summed E-state index contributed by atoms with van der Waals surface area (Å²) in [6, 6.07) is 6.97. The van der Waals surface area contributed by atoms with E-state index < -0.39 is 27.2 Å². The third-order valence-corrected chi connectivity index (χ3v) is 7.78. The van der Waals surface area contributed by atoms with Gasteiger partial charge in [-0.2, -0.15) is 18.4 Å². The SMILES string of the molecule is CC(O)(c1ccc(S(=O)(=O)c2sc(C#N)cc2Br)cc1)C(F)(F)F. The largest absolute Gasteiger partial charge is 0.421 e. The Balaban J connectivity index is 2.48. The van der Waals surface area contributed by atoms with Crippen molar-refractivity contribution in [3.05, 3.63) is 45.2 Å². The molecule has 4 nitrogen and oxygen atoms in total. The van der Waals surface area contributed by atoms with Crippen LogP contribution in [0.25, 0.3) is 0 Å². The molecule has 1 aromatic carbocycles. The van der Waals surface area contributed by atoms with Gasteiger partial charge in [-0.1, -0.05) is 12.1 Å². The summed E-state index contributed by atoms with van der Waals surface area (Å²) in [4.78, 5) is -0.0617. The first kappa shape index (κ1) is 18.9. The van der Waals surface area contributed by atoms with Crippen molar-refractivity contribution in [2.24, 2.45) is 0 Å². The number of aliphatic hydroxyl groups is 1. The van der Waals surface area contributed by atoms with Crippen LogP contribution in [-0.4, -0.2) is 19.7 Å². The van der Waals surface area contributed by atoms with Gasteiger partial charge >= 0.3 is 6.18 Å². The lowest BCUT2D eigenvalue weighted by molar-refractivity contribution is -0.258. The summed E-state index contributed by atoms with van der Waals surface area (Å²) in [6.07, 6.45) is -4.90. The third-order valence-electron chi connectivity index (χ3n) is 3.29. The summed E-state index contributed by atoms with van der Waals surface area (Å²) in [5, 5.41) is 18.4. The quantitative estimate of drug-likeness (QED) is 0.783. The standard InChI is InChI=1S/C14H9BrF3NO3S2/c1-13(20,14(16,17)18)8-2-4-10(5-3-8)24(21,22)12-11(15)6-9(7-19)23-12/h2-6,20H,1H3. The van der Waals surface area contributed by atoms with Crippen molar-refractivity contribution >= 4 is 37.1 Å². The fourth-order valence-corrected chi connectivity index (χ4v) is 5.68. The Labute approximate surface area is 148 Å². The maximum absolute atomic E-state index is 12.8. The molecule has 2 rings (SSSR count). The van der Waals surface area contributed by atoms with Crippen molar-refractivity contribution in [3.8, 4) is 6.07 Å². The second kappa shape index (κ2) is 6.15. The zero-order valence-electron chi connectivity index (χ0n) is 11.9. The average Bonchev–Trinajstić information content (AvgIpc) is 2.88. The molecule has 0 saturated carbocycles. The molecule has 0 amide bonds. The monoisotopic (exact) mass is 439 g/mol. The van der Waals surface area contributed by atoms with Crippen LogP contribution in [0.15, 0.2) is 43.9 Å². The summed E-state index contributed by atoms with van der Waals surface area (Å²) >= 11 is 3.80. The molecule has 0 spiro atoms. The lowest BCUT2D eigenvalue weighted by atomic mass is 9.96. The van der Waals surface area contributed by atoms with Gasteiger partial charge in [-0.05, 0) is 46.6 Å². The minimum atomic E-state index is -4.90. The number of alkyl halides is 3. The van der Waals surface area contributed by atoms with Crippen LogP contribution in [0.4, 0.5) is 13.2 Å². The molecule has 24 heavy (non-hydrogen) atoms. The minimum absolute atomic E-state index is 0.116. The second-order valence-electron chi connectivity index (χ2n) is 4.96. The highest BCUT2D eigenvalue weighted by atomic mass is 79.9. The highest BCUT2D eigenvalue weighted by Gasteiger charge is 2.51. The van der Waals surface area contributed by atoms with E-state index in [1.165, 1.54) is 6.07 Å². The molecule has 1 atom stereocenters. The number of halogens is 4. The van der Waals surface area contributed by atoms with E-state index in [0.717, 1.165) is 35.6 Å². The molecular weight excluding hydrogens is 431 g/mol. The maximum Gasteiger partial charge on any atom is 0.421 e. The number of hydrogen-bond acceptors (Lipinski definition) is 5. The molecule has 1 N–H and O–H groups in total. The van der Waals surface area contributed by atoms with Crippen molar-refractivity contribution in [3.63, 3.8) is 0 Å². The van der Waals surface area contributed by atoms with Crippen LogP contribution in [0, 0.1) is 11.3 Å². The Morgan fingerprint density at radius 3 is 2.21 bits per heavy atom. The summed E-state index contributed by atoms with van der Waals surface area (Å²) in [7, 11) is -4.00. The molecular formula is C14H9BrF3NO3S2. The summed E-state index contributed by atoms with van der Waals surface area (Å²) < 4.78 is 63.6. The number of thiophene rings is 1. The molecule has 0 fully saturated rings. The fourth-order valence-electron chi connectivity index (χ4n) is 1.82. The molecule has 0 radical (unpaired) electrons. The van der Waals surface area contributed by atoms with E-state index in [9.17, 15) is 26.7 Å². The van der Waals surface area contributed by atoms with Gasteiger partial charge in [-0.15, -0.1) is 11.3 Å². The molecule has 0 aliphatic carbocycles. The summed E-state index contributed by atoms with van der Waals surface area (Å²) in [5.74, 6) is 0. The van der Waals surface area contributed by atoms with Crippen LogP contribution >= 0.6 is 27.3 Å². The molecule has 0 bridgehead atoms. The van der Waals surface area contributed by atoms with Crippen molar-refractivity contribution < 1.29 is 26.7 Å². The van der Waals surface area contributed by atoms with Gasteiger partial charge in [0.1, 0.15) is 15.2 Å². The summed E-state index contributed by atoms with van der Waals surface area (Å²) in [5.41, 5.74) is -3.57. The predicted octanol–water partition coefficient (Wildman–Crippen LogP) is 3.98. The number of sulfone groups is 1. The lowest BCUT2D eigenvalue weighted by Gasteiger charge is -2.26. The number of nitrogens with zero attached hydrogens (tertiary/aromatic N) is 1. The first-order valence-electron chi connectivity index (χ1n) is 6.25. The Morgan fingerprint density at radius 2 is 1.79 bits per heavy atom.